The minimum atomic E-state index is -3.34. The van der Waals surface area contributed by atoms with Crippen molar-refractivity contribution in [3.63, 3.8) is 0 Å². The molecule has 0 saturated heterocycles. The molecule has 6 heteroatoms. The monoisotopic (exact) mass is 320 g/mol. The molecule has 0 bridgehead atoms. The van der Waals surface area contributed by atoms with Crippen LogP contribution in [0.3, 0.4) is 0 Å². The predicted molar refractivity (Wildman–Crippen MR) is 84.1 cm³/mol. The molecule has 1 aromatic carbocycles. The van der Waals surface area contributed by atoms with Crippen LogP contribution in [0.4, 0.5) is 0 Å². The number of benzene rings is 1. The summed E-state index contributed by atoms with van der Waals surface area (Å²) in [6.07, 6.45) is 0.904. The van der Waals surface area contributed by atoms with Crippen molar-refractivity contribution in [2.75, 3.05) is 18.8 Å². The van der Waals surface area contributed by atoms with Crippen molar-refractivity contribution >= 4 is 21.2 Å². The van der Waals surface area contributed by atoms with Crippen LogP contribution in [0.15, 0.2) is 46.7 Å². The Balaban J connectivity index is 1.82. The van der Waals surface area contributed by atoms with Gasteiger partial charge in [-0.3, -0.25) is 0 Å². The van der Waals surface area contributed by atoms with Crippen molar-refractivity contribution in [3.05, 3.63) is 52.2 Å². The normalized spacial score (nSPS) is 11.2. The molecule has 0 amide bonds. The molecule has 2 aromatic rings. The van der Waals surface area contributed by atoms with Gasteiger partial charge in [0.2, 0.25) is 0 Å². The molecule has 1 aromatic heterocycles. The number of nitriles is 1. The molecule has 21 heavy (non-hydrogen) atoms. The number of rotatable bonds is 7. The lowest BCUT2D eigenvalue weighted by molar-refractivity contribution is 0.591. The first-order chi connectivity index (χ1) is 10.1. The number of sulfone groups is 1. The van der Waals surface area contributed by atoms with Crippen LogP contribution in [-0.2, 0) is 16.3 Å². The summed E-state index contributed by atoms with van der Waals surface area (Å²) >= 11 is 1.70. The van der Waals surface area contributed by atoms with E-state index < -0.39 is 9.84 Å². The van der Waals surface area contributed by atoms with Crippen LogP contribution in [0.5, 0.6) is 0 Å². The van der Waals surface area contributed by atoms with Gasteiger partial charge in [0.15, 0.2) is 9.84 Å². The van der Waals surface area contributed by atoms with Gasteiger partial charge in [0.25, 0.3) is 0 Å². The minimum absolute atomic E-state index is 0.0340. The fourth-order valence-corrected chi connectivity index (χ4v) is 3.83. The van der Waals surface area contributed by atoms with E-state index in [2.05, 4.69) is 11.4 Å². The van der Waals surface area contributed by atoms with Crippen LogP contribution in [0.2, 0.25) is 0 Å². The molecule has 0 aliphatic carbocycles. The van der Waals surface area contributed by atoms with E-state index in [4.69, 9.17) is 5.26 Å². The van der Waals surface area contributed by atoms with Crippen molar-refractivity contribution in [1.29, 1.82) is 5.26 Å². The molecule has 1 N–H and O–H groups in total. The van der Waals surface area contributed by atoms with Gasteiger partial charge in [0.1, 0.15) is 0 Å². The molecule has 0 aliphatic heterocycles. The topological polar surface area (TPSA) is 70.0 Å². The van der Waals surface area contributed by atoms with Gasteiger partial charge in [0, 0.05) is 11.4 Å². The first-order valence-corrected chi connectivity index (χ1v) is 9.11. The van der Waals surface area contributed by atoms with Gasteiger partial charge in [-0.2, -0.15) is 5.26 Å². The summed E-state index contributed by atoms with van der Waals surface area (Å²) in [5.74, 6) is 0.0340. The molecule has 4 nitrogen and oxygen atoms in total. The second-order valence-corrected chi connectivity index (χ2v) is 7.68. The second kappa shape index (κ2) is 7.36. The SMILES string of the molecule is N#Cc1cccc(S(=O)(=O)CCNCCc2cccs2)c1. The first kappa shape index (κ1) is 15.7. The molecule has 2 rings (SSSR count). The van der Waals surface area contributed by atoms with Crippen molar-refractivity contribution in [2.24, 2.45) is 0 Å². The lowest BCUT2D eigenvalue weighted by Gasteiger charge is -2.06. The van der Waals surface area contributed by atoms with Gasteiger partial charge in [0.05, 0.1) is 22.3 Å². The van der Waals surface area contributed by atoms with E-state index in [0.717, 1.165) is 13.0 Å². The fraction of sp³-hybridized carbons (Fsp3) is 0.267. The fourth-order valence-electron chi connectivity index (χ4n) is 1.87. The molecular formula is C15H16N2O2S2. The van der Waals surface area contributed by atoms with Crippen molar-refractivity contribution in [1.82, 2.24) is 5.32 Å². The average Bonchev–Trinajstić information content (AvgIpc) is 3.00. The zero-order valence-corrected chi connectivity index (χ0v) is 13.1. The summed E-state index contributed by atoms with van der Waals surface area (Å²) in [6, 6.07) is 12.2. The van der Waals surface area contributed by atoms with Gasteiger partial charge in [-0.05, 0) is 42.6 Å². The summed E-state index contributed by atoms with van der Waals surface area (Å²) in [6.45, 7) is 1.17. The zero-order chi connectivity index (χ0) is 15.1. The van der Waals surface area contributed by atoms with Crippen LogP contribution in [0.1, 0.15) is 10.4 Å². The summed E-state index contributed by atoms with van der Waals surface area (Å²) in [4.78, 5) is 1.49. The van der Waals surface area contributed by atoms with Gasteiger partial charge < -0.3 is 5.32 Å². The summed E-state index contributed by atoms with van der Waals surface area (Å²) in [5.41, 5.74) is 0.363. The van der Waals surface area contributed by atoms with Crippen LogP contribution < -0.4 is 5.32 Å². The maximum absolute atomic E-state index is 12.1. The Morgan fingerprint density at radius 2 is 2.05 bits per heavy atom. The average molecular weight is 320 g/mol. The Labute approximate surface area is 129 Å². The highest BCUT2D eigenvalue weighted by Crippen LogP contribution is 2.12. The zero-order valence-electron chi connectivity index (χ0n) is 11.5. The number of nitrogens with one attached hydrogen (secondary N) is 1. The molecule has 1 heterocycles. The third-order valence-corrected chi connectivity index (χ3v) is 5.65. The van der Waals surface area contributed by atoms with Gasteiger partial charge in [-0.1, -0.05) is 12.1 Å². The van der Waals surface area contributed by atoms with E-state index in [1.807, 2.05) is 17.5 Å². The standard InChI is InChI=1S/C15H16N2O2S2/c16-12-13-3-1-5-15(11-13)21(18,19)10-8-17-7-6-14-4-2-9-20-14/h1-5,9,11,17H,6-8,10H2. The molecule has 0 unspecified atom stereocenters. The molecule has 0 spiro atoms. The maximum Gasteiger partial charge on any atom is 0.179 e. The van der Waals surface area contributed by atoms with E-state index in [-0.39, 0.29) is 10.6 Å². The van der Waals surface area contributed by atoms with E-state index in [0.29, 0.717) is 12.1 Å². The molecule has 0 fully saturated rings. The molecule has 0 radical (unpaired) electrons. The Kier molecular flexibility index (Phi) is 5.51. The van der Waals surface area contributed by atoms with Gasteiger partial charge in [-0.25, -0.2) is 8.42 Å². The Hall–Kier alpha value is -1.68. The van der Waals surface area contributed by atoms with Gasteiger partial charge in [-0.15, -0.1) is 11.3 Å². The van der Waals surface area contributed by atoms with Crippen LogP contribution in [-0.4, -0.2) is 27.3 Å². The van der Waals surface area contributed by atoms with Crippen molar-refractivity contribution in [3.8, 4) is 6.07 Å². The second-order valence-electron chi connectivity index (χ2n) is 4.54. The molecule has 110 valence electrons. The number of thiophene rings is 1. The highest BCUT2D eigenvalue weighted by Gasteiger charge is 2.14. The van der Waals surface area contributed by atoms with E-state index >= 15 is 0 Å². The third kappa shape index (κ3) is 4.67. The van der Waals surface area contributed by atoms with E-state index in [1.165, 1.54) is 17.0 Å². The minimum Gasteiger partial charge on any atom is -0.315 e. The maximum atomic E-state index is 12.1. The number of hydrogen-bond acceptors (Lipinski definition) is 5. The summed E-state index contributed by atoms with van der Waals surface area (Å²) in [7, 11) is -3.34. The first-order valence-electron chi connectivity index (χ1n) is 6.58. The Bertz CT molecular complexity index is 716. The van der Waals surface area contributed by atoms with Crippen molar-refractivity contribution < 1.29 is 8.42 Å². The van der Waals surface area contributed by atoms with E-state index in [1.54, 1.807) is 23.5 Å². The quantitative estimate of drug-likeness (QED) is 0.794. The lowest BCUT2D eigenvalue weighted by atomic mass is 10.2. The van der Waals surface area contributed by atoms with Gasteiger partial charge >= 0.3 is 0 Å². The number of hydrogen-bond donors (Lipinski definition) is 1. The summed E-state index contributed by atoms with van der Waals surface area (Å²) in [5, 5.41) is 14.0. The molecule has 0 aliphatic rings. The Morgan fingerprint density at radius 3 is 2.76 bits per heavy atom. The van der Waals surface area contributed by atoms with Crippen LogP contribution in [0.25, 0.3) is 0 Å². The third-order valence-electron chi connectivity index (χ3n) is 3.00. The Morgan fingerprint density at radius 1 is 1.19 bits per heavy atom. The molecular weight excluding hydrogens is 304 g/mol. The number of nitrogens with zero attached hydrogens (tertiary/aromatic N) is 1. The van der Waals surface area contributed by atoms with Crippen LogP contribution in [0, 0.1) is 11.3 Å². The largest absolute Gasteiger partial charge is 0.315 e. The van der Waals surface area contributed by atoms with E-state index in [9.17, 15) is 8.42 Å². The molecule has 0 saturated carbocycles. The van der Waals surface area contributed by atoms with Crippen molar-refractivity contribution in [2.45, 2.75) is 11.3 Å². The summed E-state index contributed by atoms with van der Waals surface area (Å²) < 4.78 is 24.3. The van der Waals surface area contributed by atoms with Crippen LogP contribution >= 0.6 is 11.3 Å². The smallest absolute Gasteiger partial charge is 0.179 e. The highest BCUT2D eigenvalue weighted by molar-refractivity contribution is 7.91. The highest BCUT2D eigenvalue weighted by atomic mass is 32.2. The lowest BCUT2D eigenvalue weighted by Crippen LogP contribution is -2.24. The molecule has 0 atom stereocenters. The predicted octanol–water partition coefficient (Wildman–Crippen LogP) is 2.23.